The van der Waals surface area contributed by atoms with Crippen LogP contribution in [-0.4, -0.2) is 19.6 Å². The Hall–Kier alpha value is -1.02. The summed E-state index contributed by atoms with van der Waals surface area (Å²) in [6, 6.07) is 8.69. The van der Waals surface area contributed by atoms with Gasteiger partial charge in [0, 0.05) is 18.8 Å². The van der Waals surface area contributed by atoms with Crippen LogP contribution in [0.25, 0.3) is 0 Å². The maximum Gasteiger partial charge on any atom is 0.0396 e. The van der Waals surface area contributed by atoms with Gasteiger partial charge in [-0.15, -0.1) is 0 Å². The van der Waals surface area contributed by atoms with Crippen LogP contribution in [-0.2, 0) is 0 Å². The molecule has 0 unspecified atom stereocenters. The van der Waals surface area contributed by atoms with Crippen molar-refractivity contribution in [2.24, 2.45) is 11.7 Å². The Morgan fingerprint density at radius 1 is 1.29 bits per heavy atom. The van der Waals surface area contributed by atoms with Crippen molar-refractivity contribution in [2.75, 3.05) is 24.5 Å². The number of para-hydroxylation sites is 1. The standard InChI is InChI=1S/C15H24N2/c1-13-6-2-3-9-15(13)17(11-5-10-16)12-14-7-4-8-14/h2-3,6,9,14H,4-5,7-8,10-12,16H2,1H3. The highest BCUT2D eigenvalue weighted by molar-refractivity contribution is 5.53. The average Bonchev–Trinajstić information content (AvgIpc) is 2.28. The Labute approximate surface area is 105 Å². The van der Waals surface area contributed by atoms with E-state index < -0.39 is 0 Å². The number of nitrogens with zero attached hydrogens (tertiary/aromatic N) is 1. The molecule has 0 radical (unpaired) electrons. The first-order valence-electron chi connectivity index (χ1n) is 6.82. The minimum atomic E-state index is 0.785. The molecule has 2 heteroatoms. The molecule has 1 aromatic rings. The first-order chi connectivity index (χ1) is 8.31. The molecule has 0 aromatic heterocycles. The molecule has 1 aromatic carbocycles. The zero-order valence-corrected chi connectivity index (χ0v) is 10.9. The normalized spacial score (nSPS) is 15.6. The van der Waals surface area contributed by atoms with E-state index >= 15 is 0 Å². The Morgan fingerprint density at radius 2 is 2.06 bits per heavy atom. The maximum atomic E-state index is 5.64. The van der Waals surface area contributed by atoms with E-state index in [2.05, 4.69) is 36.1 Å². The van der Waals surface area contributed by atoms with Gasteiger partial charge in [0.15, 0.2) is 0 Å². The van der Waals surface area contributed by atoms with E-state index in [1.165, 1.54) is 37.1 Å². The number of anilines is 1. The van der Waals surface area contributed by atoms with Crippen LogP contribution in [0.15, 0.2) is 24.3 Å². The van der Waals surface area contributed by atoms with E-state index in [0.717, 1.165) is 25.4 Å². The molecule has 1 aliphatic rings. The van der Waals surface area contributed by atoms with Gasteiger partial charge in [-0.3, -0.25) is 0 Å². The van der Waals surface area contributed by atoms with Gasteiger partial charge in [-0.05, 0) is 50.3 Å². The van der Waals surface area contributed by atoms with E-state index in [0.29, 0.717) is 0 Å². The maximum absolute atomic E-state index is 5.64. The minimum absolute atomic E-state index is 0.785. The largest absolute Gasteiger partial charge is 0.371 e. The highest BCUT2D eigenvalue weighted by Crippen LogP contribution is 2.30. The highest BCUT2D eigenvalue weighted by atomic mass is 15.1. The van der Waals surface area contributed by atoms with E-state index in [1.54, 1.807) is 0 Å². The number of aryl methyl sites for hydroxylation is 1. The lowest BCUT2D eigenvalue weighted by Gasteiger charge is -2.34. The molecule has 0 saturated heterocycles. The topological polar surface area (TPSA) is 29.3 Å². The second-order valence-corrected chi connectivity index (χ2v) is 5.17. The molecule has 1 saturated carbocycles. The van der Waals surface area contributed by atoms with Gasteiger partial charge >= 0.3 is 0 Å². The number of benzene rings is 1. The fourth-order valence-electron chi connectivity index (χ4n) is 2.50. The van der Waals surface area contributed by atoms with Crippen LogP contribution in [0.1, 0.15) is 31.2 Å². The second kappa shape index (κ2) is 6.06. The Bertz CT molecular complexity index is 345. The first kappa shape index (κ1) is 12.4. The molecule has 2 rings (SSSR count). The number of nitrogens with two attached hydrogens (primary N) is 1. The molecule has 1 aliphatic carbocycles. The molecule has 94 valence electrons. The molecule has 1 fully saturated rings. The number of hydrogen-bond acceptors (Lipinski definition) is 2. The Kier molecular flexibility index (Phi) is 4.43. The van der Waals surface area contributed by atoms with Gasteiger partial charge in [-0.1, -0.05) is 24.6 Å². The summed E-state index contributed by atoms with van der Waals surface area (Å²) in [4.78, 5) is 2.53. The molecule has 0 spiro atoms. The predicted octanol–water partition coefficient (Wildman–Crippen LogP) is 2.95. The lowest BCUT2D eigenvalue weighted by molar-refractivity contribution is 0.317. The lowest BCUT2D eigenvalue weighted by Crippen LogP contribution is -2.34. The van der Waals surface area contributed by atoms with E-state index in [4.69, 9.17) is 5.73 Å². The second-order valence-electron chi connectivity index (χ2n) is 5.17. The summed E-state index contributed by atoms with van der Waals surface area (Å²) in [6.07, 6.45) is 5.32. The van der Waals surface area contributed by atoms with Crippen molar-refractivity contribution in [3.05, 3.63) is 29.8 Å². The van der Waals surface area contributed by atoms with E-state index in [9.17, 15) is 0 Å². The van der Waals surface area contributed by atoms with Gasteiger partial charge in [0.05, 0.1) is 0 Å². The predicted molar refractivity (Wildman–Crippen MR) is 74.4 cm³/mol. The van der Waals surface area contributed by atoms with Crippen LogP contribution in [0, 0.1) is 12.8 Å². The molecular formula is C15H24N2. The Morgan fingerprint density at radius 3 is 2.65 bits per heavy atom. The van der Waals surface area contributed by atoms with Crippen molar-refractivity contribution in [1.82, 2.24) is 0 Å². The third-order valence-electron chi connectivity index (χ3n) is 3.79. The molecule has 0 amide bonds. The van der Waals surface area contributed by atoms with Gasteiger partial charge in [0.2, 0.25) is 0 Å². The first-order valence-corrected chi connectivity index (χ1v) is 6.82. The third kappa shape index (κ3) is 3.22. The van der Waals surface area contributed by atoms with Crippen molar-refractivity contribution in [3.63, 3.8) is 0 Å². The minimum Gasteiger partial charge on any atom is -0.371 e. The van der Waals surface area contributed by atoms with Crippen LogP contribution in [0.2, 0.25) is 0 Å². The monoisotopic (exact) mass is 232 g/mol. The van der Waals surface area contributed by atoms with Crippen LogP contribution < -0.4 is 10.6 Å². The SMILES string of the molecule is Cc1ccccc1N(CCCN)CC1CCC1. The van der Waals surface area contributed by atoms with E-state index in [1.807, 2.05) is 0 Å². The highest BCUT2D eigenvalue weighted by Gasteiger charge is 2.21. The van der Waals surface area contributed by atoms with Gasteiger partial charge in [-0.2, -0.15) is 0 Å². The van der Waals surface area contributed by atoms with Gasteiger partial charge in [0.1, 0.15) is 0 Å². The van der Waals surface area contributed by atoms with Gasteiger partial charge < -0.3 is 10.6 Å². The number of hydrogen-bond donors (Lipinski definition) is 1. The fourth-order valence-corrected chi connectivity index (χ4v) is 2.50. The summed E-state index contributed by atoms with van der Waals surface area (Å²) in [5, 5.41) is 0. The molecular weight excluding hydrogens is 208 g/mol. The summed E-state index contributed by atoms with van der Waals surface area (Å²) < 4.78 is 0. The van der Waals surface area contributed by atoms with E-state index in [-0.39, 0.29) is 0 Å². The molecule has 2 nitrogen and oxygen atoms in total. The summed E-state index contributed by atoms with van der Waals surface area (Å²) in [7, 11) is 0. The smallest absolute Gasteiger partial charge is 0.0396 e. The lowest BCUT2D eigenvalue weighted by atomic mass is 9.85. The average molecular weight is 232 g/mol. The van der Waals surface area contributed by atoms with Crippen LogP contribution in [0.5, 0.6) is 0 Å². The molecule has 2 N–H and O–H groups in total. The van der Waals surface area contributed by atoms with Crippen LogP contribution in [0.4, 0.5) is 5.69 Å². The quantitative estimate of drug-likeness (QED) is 0.817. The van der Waals surface area contributed by atoms with Crippen molar-refractivity contribution in [3.8, 4) is 0 Å². The van der Waals surface area contributed by atoms with Crippen molar-refractivity contribution >= 4 is 5.69 Å². The summed E-state index contributed by atoms with van der Waals surface area (Å²) >= 11 is 0. The summed E-state index contributed by atoms with van der Waals surface area (Å²) in [5.41, 5.74) is 8.42. The third-order valence-corrected chi connectivity index (χ3v) is 3.79. The summed E-state index contributed by atoms with van der Waals surface area (Å²) in [6.45, 7) is 5.29. The van der Waals surface area contributed by atoms with Crippen molar-refractivity contribution in [1.29, 1.82) is 0 Å². The Balaban J connectivity index is 2.05. The molecule has 0 atom stereocenters. The van der Waals surface area contributed by atoms with Crippen molar-refractivity contribution < 1.29 is 0 Å². The molecule has 0 heterocycles. The fraction of sp³-hybridized carbons (Fsp3) is 0.600. The molecule has 0 bridgehead atoms. The molecule has 17 heavy (non-hydrogen) atoms. The van der Waals surface area contributed by atoms with Gasteiger partial charge in [0.25, 0.3) is 0 Å². The van der Waals surface area contributed by atoms with Crippen molar-refractivity contribution in [2.45, 2.75) is 32.6 Å². The molecule has 0 aliphatic heterocycles. The number of rotatable bonds is 6. The van der Waals surface area contributed by atoms with Crippen LogP contribution in [0.3, 0.4) is 0 Å². The summed E-state index contributed by atoms with van der Waals surface area (Å²) in [5.74, 6) is 0.910. The zero-order valence-electron chi connectivity index (χ0n) is 10.9. The van der Waals surface area contributed by atoms with Gasteiger partial charge in [-0.25, -0.2) is 0 Å². The zero-order chi connectivity index (χ0) is 12.1. The van der Waals surface area contributed by atoms with Crippen LogP contribution >= 0.6 is 0 Å².